The molecule has 0 saturated carbocycles. The van der Waals surface area contributed by atoms with Crippen LogP contribution < -0.4 is 9.47 Å². The SMILES string of the molecule is COc1cccc(CC2CO2)c1OC. The van der Waals surface area contributed by atoms with Gasteiger partial charge in [-0.05, 0) is 6.07 Å². The van der Waals surface area contributed by atoms with Gasteiger partial charge in [0.15, 0.2) is 11.5 Å². The summed E-state index contributed by atoms with van der Waals surface area (Å²) in [7, 11) is 3.31. The zero-order valence-electron chi connectivity index (χ0n) is 8.45. The van der Waals surface area contributed by atoms with Crippen LogP contribution in [0.25, 0.3) is 0 Å². The van der Waals surface area contributed by atoms with Gasteiger partial charge in [-0.25, -0.2) is 0 Å². The lowest BCUT2D eigenvalue weighted by Crippen LogP contribution is -1.99. The molecule has 1 aliphatic heterocycles. The van der Waals surface area contributed by atoms with Gasteiger partial charge in [-0.15, -0.1) is 0 Å². The van der Waals surface area contributed by atoms with E-state index in [1.165, 1.54) is 0 Å². The lowest BCUT2D eigenvalue weighted by molar-refractivity contribution is 0.348. The van der Waals surface area contributed by atoms with E-state index in [-0.39, 0.29) is 0 Å². The third-order valence-corrected chi connectivity index (χ3v) is 2.33. The van der Waals surface area contributed by atoms with Crippen molar-refractivity contribution in [2.75, 3.05) is 20.8 Å². The van der Waals surface area contributed by atoms with Crippen molar-refractivity contribution in [1.82, 2.24) is 0 Å². The highest BCUT2D eigenvalue weighted by Gasteiger charge is 2.24. The van der Waals surface area contributed by atoms with E-state index in [0.717, 1.165) is 30.1 Å². The highest BCUT2D eigenvalue weighted by atomic mass is 16.6. The van der Waals surface area contributed by atoms with Gasteiger partial charge in [-0.3, -0.25) is 0 Å². The van der Waals surface area contributed by atoms with Crippen LogP contribution in [-0.2, 0) is 11.2 Å². The van der Waals surface area contributed by atoms with Gasteiger partial charge < -0.3 is 14.2 Å². The Morgan fingerprint density at radius 1 is 1.36 bits per heavy atom. The van der Waals surface area contributed by atoms with Crippen molar-refractivity contribution in [3.05, 3.63) is 23.8 Å². The molecule has 1 unspecified atom stereocenters. The van der Waals surface area contributed by atoms with Crippen LogP contribution in [0.4, 0.5) is 0 Å². The zero-order chi connectivity index (χ0) is 9.97. The van der Waals surface area contributed by atoms with Crippen molar-refractivity contribution in [3.8, 4) is 11.5 Å². The lowest BCUT2D eigenvalue weighted by Gasteiger charge is -2.11. The molecular weight excluding hydrogens is 180 g/mol. The fraction of sp³-hybridized carbons (Fsp3) is 0.455. The molecule has 1 atom stereocenters. The van der Waals surface area contributed by atoms with Crippen molar-refractivity contribution in [3.63, 3.8) is 0 Å². The first-order valence-corrected chi connectivity index (χ1v) is 4.66. The van der Waals surface area contributed by atoms with Crippen molar-refractivity contribution >= 4 is 0 Å². The fourth-order valence-corrected chi connectivity index (χ4v) is 1.55. The number of hydrogen-bond donors (Lipinski definition) is 0. The van der Waals surface area contributed by atoms with E-state index < -0.39 is 0 Å². The first kappa shape index (κ1) is 9.34. The van der Waals surface area contributed by atoms with Crippen LogP contribution in [0.15, 0.2) is 18.2 Å². The summed E-state index contributed by atoms with van der Waals surface area (Å²) in [6.07, 6.45) is 1.27. The molecule has 2 rings (SSSR count). The molecular formula is C11H14O3. The third kappa shape index (κ3) is 1.82. The summed E-state index contributed by atoms with van der Waals surface area (Å²) >= 11 is 0. The minimum absolute atomic E-state index is 0.371. The zero-order valence-corrected chi connectivity index (χ0v) is 8.45. The van der Waals surface area contributed by atoms with Gasteiger partial charge in [-0.2, -0.15) is 0 Å². The maximum absolute atomic E-state index is 5.32. The van der Waals surface area contributed by atoms with Crippen LogP contribution in [0.5, 0.6) is 11.5 Å². The molecule has 1 heterocycles. The molecule has 1 aliphatic rings. The Morgan fingerprint density at radius 3 is 2.71 bits per heavy atom. The quantitative estimate of drug-likeness (QED) is 0.683. The van der Waals surface area contributed by atoms with E-state index in [9.17, 15) is 0 Å². The van der Waals surface area contributed by atoms with E-state index >= 15 is 0 Å². The number of hydrogen-bond acceptors (Lipinski definition) is 3. The molecule has 0 spiro atoms. The van der Waals surface area contributed by atoms with E-state index in [0.29, 0.717) is 6.10 Å². The summed E-state index contributed by atoms with van der Waals surface area (Å²) in [6.45, 7) is 0.861. The molecule has 1 aromatic rings. The van der Waals surface area contributed by atoms with Crippen LogP contribution >= 0.6 is 0 Å². The van der Waals surface area contributed by atoms with Crippen LogP contribution in [0.3, 0.4) is 0 Å². The van der Waals surface area contributed by atoms with Crippen LogP contribution in [0, 0.1) is 0 Å². The van der Waals surface area contributed by atoms with Crippen LogP contribution in [0.1, 0.15) is 5.56 Å². The minimum Gasteiger partial charge on any atom is -0.493 e. The average molecular weight is 194 g/mol. The van der Waals surface area contributed by atoms with Crippen LogP contribution in [-0.4, -0.2) is 26.9 Å². The molecule has 0 bridgehead atoms. The van der Waals surface area contributed by atoms with Crippen molar-refractivity contribution in [2.45, 2.75) is 12.5 Å². The number of epoxide rings is 1. The fourth-order valence-electron chi connectivity index (χ4n) is 1.55. The Labute approximate surface area is 83.6 Å². The topological polar surface area (TPSA) is 31.0 Å². The molecule has 1 aromatic carbocycles. The maximum Gasteiger partial charge on any atom is 0.163 e. The predicted octanol–water partition coefficient (Wildman–Crippen LogP) is 1.65. The standard InChI is InChI=1S/C11H14O3/c1-12-10-5-3-4-8(11(10)13-2)6-9-7-14-9/h3-5,9H,6-7H2,1-2H3. The summed E-state index contributed by atoms with van der Waals surface area (Å²) in [4.78, 5) is 0. The molecule has 0 amide bonds. The second-order valence-electron chi connectivity index (χ2n) is 3.31. The van der Waals surface area contributed by atoms with Gasteiger partial charge in [-0.1, -0.05) is 12.1 Å². The molecule has 1 saturated heterocycles. The monoisotopic (exact) mass is 194 g/mol. The minimum atomic E-state index is 0.371. The number of benzene rings is 1. The normalized spacial score (nSPS) is 19.1. The van der Waals surface area contributed by atoms with Gasteiger partial charge in [0.05, 0.1) is 26.9 Å². The predicted molar refractivity (Wildman–Crippen MR) is 53.0 cm³/mol. The van der Waals surface area contributed by atoms with Gasteiger partial charge in [0.2, 0.25) is 0 Å². The molecule has 0 aromatic heterocycles. The molecule has 3 heteroatoms. The first-order valence-electron chi connectivity index (χ1n) is 4.66. The third-order valence-electron chi connectivity index (χ3n) is 2.33. The van der Waals surface area contributed by atoms with E-state index in [1.807, 2.05) is 18.2 Å². The number of rotatable bonds is 4. The van der Waals surface area contributed by atoms with Gasteiger partial charge in [0.25, 0.3) is 0 Å². The molecule has 3 nitrogen and oxygen atoms in total. The van der Waals surface area contributed by atoms with Crippen molar-refractivity contribution in [2.24, 2.45) is 0 Å². The number of methoxy groups -OCH3 is 2. The summed E-state index contributed by atoms with van der Waals surface area (Å²) in [5, 5.41) is 0. The van der Waals surface area contributed by atoms with Crippen LogP contribution in [0.2, 0.25) is 0 Å². The lowest BCUT2D eigenvalue weighted by atomic mass is 10.1. The van der Waals surface area contributed by atoms with E-state index in [4.69, 9.17) is 14.2 Å². The van der Waals surface area contributed by atoms with Crippen molar-refractivity contribution < 1.29 is 14.2 Å². The first-order chi connectivity index (χ1) is 6.85. The molecule has 1 fully saturated rings. The summed E-state index contributed by atoms with van der Waals surface area (Å²) in [5.41, 5.74) is 1.15. The second kappa shape index (κ2) is 3.88. The second-order valence-corrected chi connectivity index (χ2v) is 3.31. The molecule has 0 N–H and O–H groups in total. The Balaban J connectivity index is 2.26. The average Bonchev–Trinajstić information content (AvgIpc) is 3.01. The highest BCUT2D eigenvalue weighted by Crippen LogP contribution is 2.32. The van der Waals surface area contributed by atoms with Gasteiger partial charge >= 0.3 is 0 Å². The summed E-state index contributed by atoms with van der Waals surface area (Å²) < 4.78 is 15.7. The molecule has 0 radical (unpaired) electrons. The van der Waals surface area contributed by atoms with E-state index in [1.54, 1.807) is 14.2 Å². The van der Waals surface area contributed by atoms with Crippen molar-refractivity contribution in [1.29, 1.82) is 0 Å². The summed E-state index contributed by atoms with van der Waals surface area (Å²) in [6, 6.07) is 5.91. The number of para-hydroxylation sites is 1. The maximum atomic E-state index is 5.32. The highest BCUT2D eigenvalue weighted by molar-refractivity contribution is 5.47. The van der Waals surface area contributed by atoms with Gasteiger partial charge in [0.1, 0.15) is 0 Å². The molecule has 76 valence electrons. The smallest absolute Gasteiger partial charge is 0.163 e. The van der Waals surface area contributed by atoms with E-state index in [2.05, 4.69) is 0 Å². The molecule has 14 heavy (non-hydrogen) atoms. The Bertz CT molecular complexity index is 318. The Hall–Kier alpha value is -1.22. The number of ether oxygens (including phenoxy) is 3. The molecule has 0 aliphatic carbocycles. The van der Waals surface area contributed by atoms with Gasteiger partial charge in [0, 0.05) is 12.0 Å². The summed E-state index contributed by atoms with van der Waals surface area (Å²) in [5.74, 6) is 1.61. The largest absolute Gasteiger partial charge is 0.493 e. The Kier molecular flexibility index (Phi) is 2.59. The Morgan fingerprint density at radius 2 is 2.14 bits per heavy atom.